The molecule has 30 heavy (non-hydrogen) atoms. The van der Waals surface area contributed by atoms with Crippen molar-refractivity contribution >= 4 is 22.9 Å². The highest BCUT2D eigenvalue weighted by atomic mass is 32.2. The molecule has 10 heteroatoms. The SMILES string of the molecule is CC1c2cnc(-c3ncccn3)nc2CCN1c1cc(N2CCC[S+]2[O-])cc(F)n1. The van der Waals surface area contributed by atoms with Crippen molar-refractivity contribution in [2.45, 2.75) is 25.8 Å². The molecule has 0 saturated carbocycles. The van der Waals surface area contributed by atoms with Gasteiger partial charge in [-0.15, -0.1) is 0 Å². The second-order valence-electron chi connectivity index (χ2n) is 7.27. The summed E-state index contributed by atoms with van der Waals surface area (Å²) < 4.78 is 28.3. The summed E-state index contributed by atoms with van der Waals surface area (Å²) >= 11 is -1.11. The highest BCUT2D eigenvalue weighted by molar-refractivity contribution is 7.93. The number of aromatic nitrogens is 5. The molecule has 1 fully saturated rings. The molecule has 1 saturated heterocycles. The number of hydrogen-bond donors (Lipinski definition) is 0. The van der Waals surface area contributed by atoms with Crippen LogP contribution in [0.4, 0.5) is 15.9 Å². The fourth-order valence-corrected chi connectivity index (χ4v) is 5.22. The molecule has 0 amide bonds. The largest absolute Gasteiger partial charge is 0.593 e. The number of pyridine rings is 1. The van der Waals surface area contributed by atoms with E-state index in [9.17, 15) is 8.94 Å². The van der Waals surface area contributed by atoms with Crippen molar-refractivity contribution in [3.05, 3.63) is 54.0 Å². The van der Waals surface area contributed by atoms with Gasteiger partial charge in [-0.25, -0.2) is 24.9 Å². The van der Waals surface area contributed by atoms with Crippen LogP contribution in [0.5, 0.6) is 0 Å². The van der Waals surface area contributed by atoms with Crippen molar-refractivity contribution in [1.82, 2.24) is 24.9 Å². The molecule has 3 aromatic heterocycles. The lowest BCUT2D eigenvalue weighted by Crippen LogP contribution is -2.36. The van der Waals surface area contributed by atoms with Crippen LogP contribution in [0.25, 0.3) is 11.6 Å². The van der Waals surface area contributed by atoms with Crippen LogP contribution >= 0.6 is 0 Å². The normalized spacial score (nSPS) is 21.0. The fourth-order valence-electron chi connectivity index (χ4n) is 3.95. The number of halogens is 1. The van der Waals surface area contributed by atoms with Crippen LogP contribution in [0.15, 0.2) is 36.8 Å². The number of hydrogen-bond acceptors (Lipinski definition) is 8. The monoisotopic (exact) mass is 425 g/mol. The molecule has 5 heterocycles. The molecule has 5 rings (SSSR count). The second kappa shape index (κ2) is 7.77. The lowest BCUT2D eigenvalue weighted by atomic mass is 9.99. The maximum atomic E-state index is 14.3. The summed E-state index contributed by atoms with van der Waals surface area (Å²) in [7, 11) is 0. The topological polar surface area (TPSA) is 94.0 Å². The Morgan fingerprint density at radius 1 is 1.10 bits per heavy atom. The van der Waals surface area contributed by atoms with E-state index in [1.807, 2.05) is 17.9 Å². The zero-order chi connectivity index (χ0) is 20.7. The molecule has 0 radical (unpaired) electrons. The predicted octanol–water partition coefficient (Wildman–Crippen LogP) is 2.47. The van der Waals surface area contributed by atoms with Gasteiger partial charge in [0.15, 0.2) is 11.6 Å². The molecule has 8 nitrogen and oxygen atoms in total. The Kier molecular flexibility index (Phi) is 4.95. The average Bonchev–Trinajstić information content (AvgIpc) is 3.20. The van der Waals surface area contributed by atoms with Crippen LogP contribution in [0.1, 0.15) is 30.6 Å². The van der Waals surface area contributed by atoms with E-state index in [-0.39, 0.29) is 6.04 Å². The zero-order valence-corrected chi connectivity index (χ0v) is 17.2. The Morgan fingerprint density at radius 3 is 2.70 bits per heavy atom. The van der Waals surface area contributed by atoms with Crippen LogP contribution in [0.3, 0.4) is 0 Å². The molecule has 2 unspecified atom stereocenters. The second-order valence-corrected chi connectivity index (χ2v) is 8.77. The minimum absolute atomic E-state index is 0.0780. The third kappa shape index (κ3) is 3.46. The first-order valence-electron chi connectivity index (χ1n) is 9.83. The summed E-state index contributed by atoms with van der Waals surface area (Å²) in [5, 5.41) is 0. The van der Waals surface area contributed by atoms with Crippen LogP contribution in [-0.2, 0) is 17.8 Å². The van der Waals surface area contributed by atoms with Crippen molar-refractivity contribution in [3.8, 4) is 11.6 Å². The van der Waals surface area contributed by atoms with Crippen molar-refractivity contribution in [2.24, 2.45) is 0 Å². The van der Waals surface area contributed by atoms with Gasteiger partial charge in [0.2, 0.25) is 5.95 Å². The Balaban J connectivity index is 1.45. The van der Waals surface area contributed by atoms with Gasteiger partial charge < -0.3 is 9.45 Å². The zero-order valence-electron chi connectivity index (χ0n) is 16.4. The molecule has 0 N–H and O–H groups in total. The lowest BCUT2D eigenvalue weighted by molar-refractivity contribution is 0.562. The third-order valence-corrected chi connectivity index (χ3v) is 6.97. The van der Waals surface area contributed by atoms with Crippen LogP contribution < -0.4 is 9.21 Å². The molecule has 2 aliphatic heterocycles. The molecule has 3 aromatic rings. The summed E-state index contributed by atoms with van der Waals surface area (Å²) in [6.45, 7) is 3.33. The van der Waals surface area contributed by atoms with Crippen LogP contribution in [0, 0.1) is 5.95 Å². The first-order valence-corrected chi connectivity index (χ1v) is 11.1. The minimum Gasteiger partial charge on any atom is -0.593 e. The highest BCUT2D eigenvalue weighted by Gasteiger charge is 2.31. The van der Waals surface area contributed by atoms with E-state index in [0.29, 0.717) is 48.4 Å². The Bertz CT molecular complexity index is 1070. The number of fused-ring (bicyclic) bond motifs is 1. The number of nitrogens with zero attached hydrogens (tertiary/aromatic N) is 7. The molecule has 0 aliphatic carbocycles. The Morgan fingerprint density at radius 2 is 1.93 bits per heavy atom. The average molecular weight is 425 g/mol. The summed E-state index contributed by atoms with van der Waals surface area (Å²) in [6.07, 6.45) is 6.63. The summed E-state index contributed by atoms with van der Waals surface area (Å²) in [5.41, 5.74) is 2.52. The first-order chi connectivity index (χ1) is 14.6. The molecule has 154 valence electrons. The van der Waals surface area contributed by atoms with Gasteiger partial charge in [0, 0.05) is 55.7 Å². The summed E-state index contributed by atoms with van der Waals surface area (Å²) in [6, 6.07) is 4.84. The standard InChI is InChI=1S/C20H20FN7OS/c1-13-15-12-24-20(19-22-5-2-6-23-19)25-16(15)4-8-27(13)18-11-14(10-17(21)26-18)28-7-3-9-30(28)29/h2,5-6,10-13H,3-4,7-9H2,1H3. The number of anilines is 2. The fraction of sp³-hybridized carbons (Fsp3) is 0.350. The third-order valence-electron chi connectivity index (χ3n) is 5.45. The summed E-state index contributed by atoms with van der Waals surface area (Å²) in [4.78, 5) is 23.7. The Hall–Kier alpha value is -2.85. The van der Waals surface area contributed by atoms with Gasteiger partial charge in [0.05, 0.1) is 35.3 Å². The molecule has 0 bridgehead atoms. The maximum absolute atomic E-state index is 14.3. The van der Waals surface area contributed by atoms with Crippen LogP contribution in [0.2, 0.25) is 0 Å². The van der Waals surface area contributed by atoms with Gasteiger partial charge in [0.1, 0.15) is 11.6 Å². The van der Waals surface area contributed by atoms with Gasteiger partial charge in [-0.05, 0) is 13.0 Å². The van der Waals surface area contributed by atoms with E-state index in [1.165, 1.54) is 6.07 Å². The molecule has 0 spiro atoms. The van der Waals surface area contributed by atoms with E-state index in [1.54, 1.807) is 29.0 Å². The van der Waals surface area contributed by atoms with E-state index in [2.05, 4.69) is 24.9 Å². The quantitative estimate of drug-likeness (QED) is 0.467. The molecule has 2 aliphatic rings. The van der Waals surface area contributed by atoms with Gasteiger partial charge in [-0.1, -0.05) is 0 Å². The van der Waals surface area contributed by atoms with Crippen molar-refractivity contribution < 1.29 is 8.94 Å². The lowest BCUT2D eigenvalue weighted by Gasteiger charge is -2.35. The van der Waals surface area contributed by atoms with Gasteiger partial charge in [-0.3, -0.25) is 0 Å². The smallest absolute Gasteiger partial charge is 0.217 e. The van der Waals surface area contributed by atoms with Gasteiger partial charge in [0.25, 0.3) is 0 Å². The van der Waals surface area contributed by atoms with Crippen molar-refractivity contribution in [3.63, 3.8) is 0 Å². The van der Waals surface area contributed by atoms with E-state index in [0.717, 1.165) is 17.7 Å². The van der Waals surface area contributed by atoms with Gasteiger partial charge in [-0.2, -0.15) is 8.70 Å². The molecule has 2 atom stereocenters. The highest BCUT2D eigenvalue weighted by Crippen LogP contribution is 2.35. The minimum atomic E-state index is -1.11. The van der Waals surface area contributed by atoms with Crippen molar-refractivity contribution in [2.75, 3.05) is 28.0 Å². The van der Waals surface area contributed by atoms with E-state index in [4.69, 9.17) is 0 Å². The van der Waals surface area contributed by atoms with E-state index >= 15 is 0 Å². The first kappa shape index (κ1) is 19.1. The Labute approximate surface area is 176 Å². The maximum Gasteiger partial charge on any atom is 0.217 e. The summed E-state index contributed by atoms with van der Waals surface area (Å²) in [5.74, 6) is 1.56. The molecular weight excluding hydrogens is 405 g/mol. The molecule has 0 aromatic carbocycles. The van der Waals surface area contributed by atoms with Crippen LogP contribution in [-0.4, -0.2) is 48.3 Å². The number of rotatable bonds is 3. The van der Waals surface area contributed by atoms with Gasteiger partial charge >= 0.3 is 0 Å². The van der Waals surface area contributed by atoms with E-state index < -0.39 is 17.3 Å². The predicted molar refractivity (Wildman–Crippen MR) is 112 cm³/mol. The molecular formula is C20H20FN7OS. The van der Waals surface area contributed by atoms with Crippen molar-refractivity contribution in [1.29, 1.82) is 0 Å².